The number of amides is 3. The van der Waals surface area contributed by atoms with Gasteiger partial charge < -0.3 is 16.0 Å². The van der Waals surface area contributed by atoms with Crippen molar-refractivity contribution < 1.29 is 14.4 Å². The Morgan fingerprint density at radius 2 is 2.00 bits per heavy atom. The standard InChI is InChI=1S/C20H26N6O3.ClH/c1-25-16-10-13(22-12-6-8-26(9-7-12)18(28)11-21)2-3-14(16)19(24-25)15-4-5-17(27)23-20(15)29;/h2-3,10,12,15,22H,4-9,11,21H2,1H3,(H,23,27,29);1H. The van der Waals surface area contributed by atoms with Crippen LogP contribution in [0.1, 0.15) is 37.3 Å². The first kappa shape index (κ1) is 22.0. The van der Waals surface area contributed by atoms with E-state index in [-0.39, 0.29) is 42.7 Å². The highest BCUT2D eigenvalue weighted by Gasteiger charge is 2.31. The van der Waals surface area contributed by atoms with Crippen molar-refractivity contribution in [1.82, 2.24) is 20.0 Å². The van der Waals surface area contributed by atoms with E-state index in [1.54, 1.807) is 4.68 Å². The van der Waals surface area contributed by atoms with Gasteiger partial charge in [-0.25, -0.2) is 0 Å². The lowest BCUT2D eigenvalue weighted by Gasteiger charge is -2.32. The molecule has 2 aliphatic rings. The molecule has 1 atom stereocenters. The van der Waals surface area contributed by atoms with Gasteiger partial charge in [-0.2, -0.15) is 5.10 Å². The molecule has 1 aromatic carbocycles. The van der Waals surface area contributed by atoms with Crippen molar-refractivity contribution in [3.8, 4) is 0 Å². The molecule has 2 aromatic rings. The average molecular weight is 435 g/mol. The number of anilines is 1. The predicted octanol–water partition coefficient (Wildman–Crippen LogP) is 0.877. The van der Waals surface area contributed by atoms with Crippen LogP contribution in [0.25, 0.3) is 10.9 Å². The number of nitrogens with two attached hydrogens (primary N) is 1. The van der Waals surface area contributed by atoms with Crippen molar-refractivity contribution in [3.63, 3.8) is 0 Å². The second-order valence-electron chi connectivity index (χ2n) is 7.75. The third-order valence-corrected chi connectivity index (χ3v) is 5.84. The summed E-state index contributed by atoms with van der Waals surface area (Å²) < 4.78 is 1.78. The Hall–Kier alpha value is -2.65. The number of imide groups is 1. The number of nitrogens with zero attached hydrogens (tertiary/aromatic N) is 3. The first-order valence-corrected chi connectivity index (χ1v) is 10.0. The molecule has 2 saturated heterocycles. The van der Waals surface area contributed by atoms with Gasteiger partial charge in [0.1, 0.15) is 0 Å². The predicted molar refractivity (Wildman–Crippen MR) is 115 cm³/mol. The summed E-state index contributed by atoms with van der Waals surface area (Å²) in [5, 5.41) is 11.5. The quantitative estimate of drug-likeness (QED) is 0.614. The number of fused-ring (bicyclic) bond motifs is 1. The molecule has 162 valence electrons. The van der Waals surface area contributed by atoms with Crippen LogP contribution in [0.5, 0.6) is 0 Å². The maximum Gasteiger partial charge on any atom is 0.236 e. The van der Waals surface area contributed by atoms with E-state index in [2.05, 4.69) is 15.7 Å². The van der Waals surface area contributed by atoms with Crippen molar-refractivity contribution in [2.45, 2.75) is 37.6 Å². The minimum atomic E-state index is -0.403. The summed E-state index contributed by atoms with van der Waals surface area (Å²) in [6, 6.07) is 6.31. The molecule has 4 rings (SSSR count). The first-order valence-electron chi connectivity index (χ1n) is 10.0. The monoisotopic (exact) mass is 434 g/mol. The molecule has 10 heteroatoms. The van der Waals surface area contributed by atoms with Crippen molar-refractivity contribution >= 4 is 46.7 Å². The van der Waals surface area contributed by atoms with E-state index in [0.717, 1.165) is 29.4 Å². The summed E-state index contributed by atoms with van der Waals surface area (Å²) in [4.78, 5) is 37.2. The Balaban J connectivity index is 0.00000256. The van der Waals surface area contributed by atoms with Crippen LogP contribution in [-0.4, -0.2) is 58.1 Å². The topological polar surface area (TPSA) is 122 Å². The Kier molecular flexibility index (Phi) is 6.62. The zero-order chi connectivity index (χ0) is 20.5. The van der Waals surface area contributed by atoms with Gasteiger partial charge in [-0.15, -0.1) is 12.4 Å². The van der Waals surface area contributed by atoms with E-state index < -0.39 is 5.92 Å². The molecule has 30 heavy (non-hydrogen) atoms. The van der Waals surface area contributed by atoms with E-state index >= 15 is 0 Å². The molecule has 0 radical (unpaired) electrons. The second-order valence-corrected chi connectivity index (χ2v) is 7.75. The van der Waals surface area contributed by atoms with Gasteiger partial charge in [0.25, 0.3) is 0 Å². The van der Waals surface area contributed by atoms with Crippen LogP contribution < -0.4 is 16.4 Å². The van der Waals surface area contributed by atoms with Gasteiger partial charge in [0.15, 0.2) is 0 Å². The molecule has 4 N–H and O–H groups in total. The van der Waals surface area contributed by atoms with Gasteiger partial charge in [0, 0.05) is 43.7 Å². The average Bonchev–Trinajstić information content (AvgIpc) is 3.04. The van der Waals surface area contributed by atoms with E-state index in [1.165, 1.54) is 0 Å². The maximum absolute atomic E-state index is 12.3. The molecule has 2 fully saturated rings. The summed E-state index contributed by atoms with van der Waals surface area (Å²) >= 11 is 0. The first-order chi connectivity index (χ1) is 14.0. The van der Waals surface area contributed by atoms with Crippen LogP contribution in [0.3, 0.4) is 0 Å². The van der Waals surface area contributed by atoms with E-state index in [9.17, 15) is 14.4 Å². The fraction of sp³-hybridized carbons (Fsp3) is 0.500. The Morgan fingerprint density at radius 3 is 2.67 bits per heavy atom. The van der Waals surface area contributed by atoms with Crippen molar-refractivity contribution in [2.24, 2.45) is 12.8 Å². The molecule has 0 aliphatic carbocycles. The molecule has 3 amide bonds. The largest absolute Gasteiger partial charge is 0.382 e. The van der Waals surface area contributed by atoms with Crippen molar-refractivity contribution in [2.75, 3.05) is 25.0 Å². The normalized spacial score (nSPS) is 20.1. The zero-order valence-corrected chi connectivity index (χ0v) is 17.7. The number of likely N-dealkylation sites (tertiary alicyclic amines) is 1. The van der Waals surface area contributed by atoms with Gasteiger partial charge in [-0.1, -0.05) is 0 Å². The lowest BCUT2D eigenvalue weighted by molar-refractivity contribution is -0.134. The van der Waals surface area contributed by atoms with Gasteiger partial charge >= 0.3 is 0 Å². The van der Waals surface area contributed by atoms with E-state index in [4.69, 9.17) is 5.73 Å². The van der Waals surface area contributed by atoms with E-state index in [0.29, 0.717) is 31.6 Å². The number of nitrogens with one attached hydrogen (secondary N) is 2. The summed E-state index contributed by atoms with van der Waals surface area (Å²) in [6.45, 7) is 1.48. The van der Waals surface area contributed by atoms with Gasteiger partial charge in [0.2, 0.25) is 17.7 Å². The highest BCUT2D eigenvalue weighted by molar-refractivity contribution is 6.02. The smallest absolute Gasteiger partial charge is 0.236 e. The number of rotatable bonds is 4. The molecule has 1 aromatic heterocycles. The molecule has 3 heterocycles. The number of carbonyl (C=O) groups is 3. The van der Waals surface area contributed by atoms with Crippen LogP contribution in [0, 0.1) is 0 Å². The van der Waals surface area contributed by atoms with Gasteiger partial charge in [0.05, 0.1) is 23.7 Å². The Morgan fingerprint density at radius 1 is 1.27 bits per heavy atom. The molecular weight excluding hydrogens is 408 g/mol. The van der Waals surface area contributed by atoms with Crippen LogP contribution in [-0.2, 0) is 21.4 Å². The number of piperidine rings is 2. The number of hydrogen-bond donors (Lipinski definition) is 3. The number of halogens is 1. The summed E-state index contributed by atoms with van der Waals surface area (Å²) in [6.07, 6.45) is 2.56. The number of benzene rings is 1. The number of aromatic nitrogens is 2. The second kappa shape index (κ2) is 9.01. The SMILES string of the molecule is Cl.Cn1nc(C2CCC(=O)NC2=O)c2ccc(NC3CCN(C(=O)CN)CC3)cc21. The number of carbonyl (C=O) groups excluding carboxylic acids is 3. The highest BCUT2D eigenvalue weighted by Crippen LogP contribution is 2.31. The molecule has 0 saturated carbocycles. The fourth-order valence-electron chi connectivity index (χ4n) is 4.22. The fourth-order valence-corrected chi connectivity index (χ4v) is 4.22. The Labute approximate surface area is 180 Å². The van der Waals surface area contributed by atoms with Crippen LogP contribution >= 0.6 is 12.4 Å². The lowest BCUT2D eigenvalue weighted by Crippen LogP contribution is -2.44. The molecule has 1 unspecified atom stereocenters. The summed E-state index contributed by atoms with van der Waals surface area (Å²) in [7, 11) is 1.86. The van der Waals surface area contributed by atoms with Crippen molar-refractivity contribution in [1.29, 1.82) is 0 Å². The van der Waals surface area contributed by atoms with Gasteiger partial charge in [-0.3, -0.25) is 24.4 Å². The maximum atomic E-state index is 12.3. The van der Waals surface area contributed by atoms with Crippen LogP contribution in [0.4, 0.5) is 5.69 Å². The minimum absolute atomic E-state index is 0. The Bertz CT molecular complexity index is 967. The van der Waals surface area contributed by atoms with Crippen LogP contribution in [0.15, 0.2) is 18.2 Å². The summed E-state index contributed by atoms with van der Waals surface area (Å²) in [5.74, 6) is -0.903. The molecule has 0 bridgehead atoms. The molecule has 0 spiro atoms. The van der Waals surface area contributed by atoms with Crippen molar-refractivity contribution in [3.05, 3.63) is 23.9 Å². The molecule has 9 nitrogen and oxygen atoms in total. The van der Waals surface area contributed by atoms with E-state index in [1.807, 2.05) is 30.1 Å². The number of aryl methyl sites for hydroxylation is 1. The molecule has 2 aliphatic heterocycles. The highest BCUT2D eigenvalue weighted by atomic mass is 35.5. The lowest BCUT2D eigenvalue weighted by atomic mass is 9.93. The third-order valence-electron chi connectivity index (χ3n) is 5.84. The van der Waals surface area contributed by atoms with Gasteiger partial charge in [-0.05, 0) is 37.5 Å². The minimum Gasteiger partial charge on any atom is -0.382 e. The van der Waals surface area contributed by atoms with Crippen LogP contribution in [0.2, 0.25) is 0 Å². The molecular formula is C20H27ClN6O3. The number of hydrogen-bond acceptors (Lipinski definition) is 6. The third kappa shape index (κ3) is 4.27. The summed E-state index contributed by atoms with van der Waals surface area (Å²) in [5.41, 5.74) is 8.08. The zero-order valence-electron chi connectivity index (χ0n) is 16.9.